The number of rotatable bonds is 3. The minimum atomic E-state index is -1.05. The topological polar surface area (TPSA) is 112 Å². The number of hydrogen-bond donors (Lipinski definition) is 2. The lowest BCUT2D eigenvalue weighted by Gasteiger charge is -2.07. The molecule has 140 valence electrons. The molecule has 6 nitrogen and oxygen atoms in total. The molecule has 0 bridgehead atoms. The van der Waals surface area contributed by atoms with Gasteiger partial charge in [0.2, 0.25) is 0 Å². The molecule has 27 heavy (non-hydrogen) atoms. The number of nitrogens with zero attached hydrogens (tertiary/aromatic N) is 3. The van der Waals surface area contributed by atoms with Gasteiger partial charge in [-0.3, -0.25) is 9.98 Å². The van der Waals surface area contributed by atoms with E-state index in [0.29, 0.717) is 16.7 Å². The average Bonchev–Trinajstić information content (AvgIpc) is 2.64. The van der Waals surface area contributed by atoms with Crippen molar-refractivity contribution in [1.82, 2.24) is 4.98 Å². The van der Waals surface area contributed by atoms with E-state index in [1.807, 2.05) is 6.92 Å². The van der Waals surface area contributed by atoms with Crippen molar-refractivity contribution in [3.63, 3.8) is 0 Å². The Bertz CT molecular complexity index is 943. The third-order valence-electron chi connectivity index (χ3n) is 3.61. The molecule has 0 saturated heterocycles. The van der Waals surface area contributed by atoms with Crippen LogP contribution in [0.15, 0.2) is 47.1 Å². The Kier molecular flexibility index (Phi) is 7.83. The molecule has 0 radical (unpaired) electrons. The summed E-state index contributed by atoms with van der Waals surface area (Å²) in [6, 6.07) is 8.57. The van der Waals surface area contributed by atoms with Crippen molar-refractivity contribution in [1.29, 1.82) is 5.26 Å². The van der Waals surface area contributed by atoms with Gasteiger partial charge in [-0.25, -0.2) is 9.18 Å². The van der Waals surface area contributed by atoms with Crippen LogP contribution in [0.5, 0.6) is 0 Å². The van der Waals surface area contributed by atoms with Gasteiger partial charge in [0, 0.05) is 30.1 Å². The van der Waals surface area contributed by atoms with Crippen LogP contribution in [0, 0.1) is 31.0 Å². The van der Waals surface area contributed by atoms with Gasteiger partial charge in [0.15, 0.2) is 0 Å². The van der Waals surface area contributed by atoms with E-state index in [-0.39, 0.29) is 17.2 Å². The average molecular weight is 368 g/mol. The Morgan fingerprint density at radius 1 is 1.33 bits per heavy atom. The largest absolute Gasteiger partial charge is 0.478 e. The first-order valence-corrected chi connectivity index (χ1v) is 8.00. The molecule has 1 heterocycles. The van der Waals surface area contributed by atoms with Crippen molar-refractivity contribution in [2.75, 3.05) is 7.05 Å². The fourth-order valence-corrected chi connectivity index (χ4v) is 2.21. The van der Waals surface area contributed by atoms with Crippen molar-refractivity contribution in [3.05, 3.63) is 64.7 Å². The maximum atomic E-state index is 13.7. The first-order valence-electron chi connectivity index (χ1n) is 8.00. The van der Waals surface area contributed by atoms with Gasteiger partial charge < -0.3 is 10.8 Å². The Hall–Kier alpha value is -3.53. The van der Waals surface area contributed by atoms with Crippen LogP contribution in [0.3, 0.4) is 0 Å². The summed E-state index contributed by atoms with van der Waals surface area (Å²) in [6.07, 6.45) is 2.95. The standard InChI is InChI=1S/C14H11FN2.C6H10N2O2/c1-9-3-4-14(15)12(5-9)13-8-17-10(2)6-11(13)7-16;1-3-4(6(9)10)5(7)8-2/h3-6,8H,1-2H3;3H,1-2H3,(H2,7,8)(H,9,10)/b;4-3+. The molecule has 0 saturated carbocycles. The van der Waals surface area contributed by atoms with Crippen LogP contribution in [-0.2, 0) is 4.79 Å². The highest BCUT2D eigenvalue weighted by Crippen LogP contribution is 2.26. The van der Waals surface area contributed by atoms with E-state index < -0.39 is 5.97 Å². The van der Waals surface area contributed by atoms with Crippen molar-refractivity contribution >= 4 is 11.8 Å². The normalized spacial score (nSPS) is 11.3. The SMILES string of the molecule is C/C=C(/C(=O)O)C(N)=NC.Cc1ccc(F)c(-c2cnc(C)cc2C#N)c1. The van der Waals surface area contributed by atoms with Gasteiger partial charge in [-0.05, 0) is 39.0 Å². The number of carbonyl (C=O) groups is 1. The zero-order chi connectivity index (χ0) is 20.6. The summed E-state index contributed by atoms with van der Waals surface area (Å²) >= 11 is 0. The highest BCUT2D eigenvalue weighted by molar-refractivity contribution is 6.17. The minimum absolute atomic E-state index is 0.0440. The Labute approximate surface area is 157 Å². The monoisotopic (exact) mass is 368 g/mol. The number of aliphatic imine (C=N–C) groups is 1. The van der Waals surface area contributed by atoms with Crippen LogP contribution in [0.2, 0.25) is 0 Å². The molecule has 0 aliphatic carbocycles. The minimum Gasteiger partial charge on any atom is -0.478 e. The third kappa shape index (κ3) is 5.75. The van der Waals surface area contributed by atoms with Crippen LogP contribution < -0.4 is 5.73 Å². The molecule has 3 N–H and O–H groups in total. The molecule has 7 heteroatoms. The fourth-order valence-electron chi connectivity index (χ4n) is 2.21. The maximum Gasteiger partial charge on any atom is 0.339 e. The molecule has 2 rings (SSSR count). The number of carboxylic acids is 1. The molecule has 0 amide bonds. The van der Waals surface area contributed by atoms with E-state index in [4.69, 9.17) is 16.1 Å². The number of carboxylic acid groups (broad SMARTS) is 1. The Balaban J connectivity index is 0.000000314. The number of nitrogens with two attached hydrogens (primary N) is 1. The van der Waals surface area contributed by atoms with Crippen LogP contribution >= 0.6 is 0 Å². The molecular formula is C20H21FN4O2. The first kappa shape index (κ1) is 21.5. The highest BCUT2D eigenvalue weighted by atomic mass is 19.1. The van der Waals surface area contributed by atoms with Crippen LogP contribution in [0.25, 0.3) is 11.1 Å². The van der Waals surface area contributed by atoms with Gasteiger partial charge in [0.1, 0.15) is 11.7 Å². The predicted molar refractivity (Wildman–Crippen MR) is 103 cm³/mol. The quantitative estimate of drug-likeness (QED) is 0.490. The second-order valence-corrected chi connectivity index (χ2v) is 5.58. The number of pyridine rings is 1. The van der Waals surface area contributed by atoms with Gasteiger partial charge in [0.05, 0.1) is 17.2 Å². The van der Waals surface area contributed by atoms with Gasteiger partial charge in [0.25, 0.3) is 0 Å². The van der Waals surface area contributed by atoms with E-state index in [9.17, 15) is 9.18 Å². The van der Waals surface area contributed by atoms with E-state index >= 15 is 0 Å². The molecule has 2 aromatic rings. The number of aryl methyl sites for hydroxylation is 2. The second kappa shape index (κ2) is 9.82. The smallest absolute Gasteiger partial charge is 0.339 e. The molecule has 1 aromatic heterocycles. The maximum absolute atomic E-state index is 13.7. The number of aliphatic carboxylic acids is 1. The molecule has 0 atom stereocenters. The van der Waals surface area contributed by atoms with E-state index in [1.54, 1.807) is 38.2 Å². The third-order valence-corrected chi connectivity index (χ3v) is 3.61. The summed E-state index contributed by atoms with van der Waals surface area (Å²) in [5.74, 6) is -1.33. The first-order chi connectivity index (χ1) is 12.7. The number of allylic oxidation sites excluding steroid dienone is 1. The van der Waals surface area contributed by atoms with Gasteiger partial charge in [-0.1, -0.05) is 17.7 Å². The zero-order valence-corrected chi connectivity index (χ0v) is 15.6. The van der Waals surface area contributed by atoms with Crippen molar-refractivity contribution < 1.29 is 14.3 Å². The zero-order valence-electron chi connectivity index (χ0n) is 15.6. The van der Waals surface area contributed by atoms with Crippen LogP contribution in [-0.4, -0.2) is 28.9 Å². The second-order valence-electron chi connectivity index (χ2n) is 5.58. The molecule has 1 aromatic carbocycles. The molecule has 0 unspecified atom stereocenters. The van der Waals surface area contributed by atoms with Gasteiger partial charge in [-0.15, -0.1) is 0 Å². The summed E-state index contributed by atoms with van der Waals surface area (Å²) < 4.78 is 13.7. The molecule has 0 aliphatic rings. The van der Waals surface area contributed by atoms with Crippen molar-refractivity contribution in [2.45, 2.75) is 20.8 Å². The molecule has 0 fully saturated rings. The van der Waals surface area contributed by atoms with Crippen LogP contribution in [0.4, 0.5) is 4.39 Å². The van der Waals surface area contributed by atoms with E-state index in [1.165, 1.54) is 19.2 Å². The summed E-state index contributed by atoms with van der Waals surface area (Å²) in [5.41, 5.74) is 8.38. The number of amidine groups is 1. The number of nitriles is 1. The summed E-state index contributed by atoms with van der Waals surface area (Å²) in [5, 5.41) is 17.5. The number of benzene rings is 1. The lowest BCUT2D eigenvalue weighted by Crippen LogP contribution is -2.20. The Morgan fingerprint density at radius 3 is 2.48 bits per heavy atom. The highest BCUT2D eigenvalue weighted by Gasteiger charge is 2.11. The lowest BCUT2D eigenvalue weighted by molar-refractivity contribution is -0.132. The fraction of sp³-hybridized carbons (Fsp3) is 0.200. The molecule has 0 aliphatic heterocycles. The van der Waals surface area contributed by atoms with E-state index in [2.05, 4.69) is 16.0 Å². The Morgan fingerprint density at radius 2 is 2.00 bits per heavy atom. The number of hydrogen-bond acceptors (Lipinski definition) is 4. The van der Waals surface area contributed by atoms with Crippen molar-refractivity contribution in [3.8, 4) is 17.2 Å². The van der Waals surface area contributed by atoms with Crippen molar-refractivity contribution in [2.24, 2.45) is 10.7 Å². The lowest BCUT2D eigenvalue weighted by atomic mass is 10.00. The summed E-state index contributed by atoms with van der Waals surface area (Å²) in [4.78, 5) is 17.9. The van der Waals surface area contributed by atoms with Gasteiger partial charge in [-0.2, -0.15) is 5.26 Å². The van der Waals surface area contributed by atoms with E-state index in [0.717, 1.165) is 11.3 Å². The number of aromatic nitrogens is 1. The molecular weight excluding hydrogens is 347 g/mol. The predicted octanol–water partition coefficient (Wildman–Crippen LogP) is 3.38. The number of halogens is 1. The molecule has 0 spiro atoms. The summed E-state index contributed by atoms with van der Waals surface area (Å²) in [6.45, 7) is 5.29. The van der Waals surface area contributed by atoms with Crippen LogP contribution in [0.1, 0.15) is 23.7 Å². The van der Waals surface area contributed by atoms with Gasteiger partial charge >= 0.3 is 5.97 Å². The summed E-state index contributed by atoms with van der Waals surface area (Å²) in [7, 11) is 1.45.